The quantitative estimate of drug-likeness (QED) is 0.127. The summed E-state index contributed by atoms with van der Waals surface area (Å²) in [6, 6.07) is 26.8. The Morgan fingerprint density at radius 3 is 2.09 bits per heavy atom. The molecular formula is C35H35N3O5S. The maximum absolute atomic E-state index is 13.4. The van der Waals surface area contributed by atoms with Crippen LogP contribution in [0, 0.1) is 13.8 Å². The molecule has 4 aromatic carbocycles. The minimum Gasteiger partial charge on any atom is -0.493 e. The van der Waals surface area contributed by atoms with Gasteiger partial charge in [-0.2, -0.15) is 0 Å². The molecule has 226 valence electrons. The first-order chi connectivity index (χ1) is 21.2. The van der Waals surface area contributed by atoms with E-state index in [0.717, 1.165) is 16.1 Å². The average Bonchev–Trinajstić information content (AvgIpc) is 3.03. The van der Waals surface area contributed by atoms with Crippen molar-refractivity contribution < 1.29 is 23.9 Å². The molecule has 4 aromatic rings. The Bertz CT molecular complexity index is 1670. The Morgan fingerprint density at radius 2 is 1.43 bits per heavy atom. The maximum atomic E-state index is 13.4. The fourth-order valence-electron chi connectivity index (χ4n) is 4.19. The predicted molar refractivity (Wildman–Crippen MR) is 176 cm³/mol. The Hall–Kier alpha value is -5.02. The first-order valence-corrected chi connectivity index (χ1v) is 14.8. The van der Waals surface area contributed by atoms with Gasteiger partial charge in [-0.25, -0.2) is 0 Å². The number of nitrogens with one attached hydrogen (secondary N) is 3. The monoisotopic (exact) mass is 609 g/mol. The second-order valence-corrected chi connectivity index (χ2v) is 11.4. The Morgan fingerprint density at radius 1 is 0.750 bits per heavy atom. The lowest BCUT2D eigenvalue weighted by atomic mass is 10.1. The Labute approximate surface area is 261 Å². The number of rotatable bonds is 11. The summed E-state index contributed by atoms with van der Waals surface area (Å²) in [5, 5.41) is 8.21. The zero-order valence-corrected chi connectivity index (χ0v) is 26.1. The molecule has 1 unspecified atom stereocenters. The van der Waals surface area contributed by atoms with Gasteiger partial charge in [0.2, 0.25) is 5.91 Å². The van der Waals surface area contributed by atoms with Gasteiger partial charge in [-0.1, -0.05) is 30.3 Å². The first kappa shape index (κ1) is 31.9. The van der Waals surface area contributed by atoms with E-state index in [4.69, 9.17) is 9.47 Å². The molecule has 44 heavy (non-hydrogen) atoms. The fourth-order valence-corrected chi connectivity index (χ4v) is 5.06. The summed E-state index contributed by atoms with van der Waals surface area (Å²) in [6.07, 6.45) is 1.57. The van der Waals surface area contributed by atoms with E-state index in [2.05, 4.69) is 16.0 Å². The van der Waals surface area contributed by atoms with Crippen molar-refractivity contribution in [1.82, 2.24) is 5.32 Å². The number of anilines is 2. The van der Waals surface area contributed by atoms with E-state index < -0.39 is 11.8 Å². The molecule has 0 aliphatic carbocycles. The maximum Gasteiger partial charge on any atom is 0.272 e. The lowest BCUT2D eigenvalue weighted by Gasteiger charge is -2.14. The SMILES string of the molecule is COc1ccc(/C=C(\NC(=O)c2ccccc2)C(=O)Nc2ccc(SC(C)C(=O)Nc3ccc(C)c(C)c3)cc2)cc1OC. The lowest BCUT2D eigenvalue weighted by Crippen LogP contribution is -2.30. The lowest BCUT2D eigenvalue weighted by molar-refractivity contribution is -0.115. The van der Waals surface area contributed by atoms with E-state index in [1.807, 2.05) is 57.2 Å². The summed E-state index contributed by atoms with van der Waals surface area (Å²) in [7, 11) is 3.06. The number of ether oxygens (including phenoxy) is 2. The van der Waals surface area contributed by atoms with Crippen molar-refractivity contribution in [2.45, 2.75) is 30.9 Å². The van der Waals surface area contributed by atoms with Crippen LogP contribution in [0.2, 0.25) is 0 Å². The molecule has 0 radical (unpaired) electrons. The normalized spacial score (nSPS) is 11.7. The van der Waals surface area contributed by atoms with Crippen molar-refractivity contribution in [2.75, 3.05) is 24.9 Å². The van der Waals surface area contributed by atoms with E-state index in [0.29, 0.717) is 28.3 Å². The van der Waals surface area contributed by atoms with Gasteiger partial charge in [-0.05, 0) is 104 Å². The summed E-state index contributed by atoms with van der Waals surface area (Å²) in [5.41, 5.74) is 4.65. The van der Waals surface area contributed by atoms with Gasteiger partial charge in [-0.3, -0.25) is 14.4 Å². The van der Waals surface area contributed by atoms with Gasteiger partial charge >= 0.3 is 0 Å². The van der Waals surface area contributed by atoms with Crippen LogP contribution in [0.25, 0.3) is 6.08 Å². The van der Waals surface area contributed by atoms with Gasteiger partial charge in [0.1, 0.15) is 5.70 Å². The van der Waals surface area contributed by atoms with Crippen LogP contribution >= 0.6 is 11.8 Å². The zero-order valence-electron chi connectivity index (χ0n) is 25.3. The first-order valence-electron chi connectivity index (χ1n) is 13.9. The number of methoxy groups -OCH3 is 2. The van der Waals surface area contributed by atoms with E-state index in [1.165, 1.54) is 31.5 Å². The smallest absolute Gasteiger partial charge is 0.272 e. The molecule has 0 saturated carbocycles. The number of thioether (sulfide) groups is 1. The number of carbonyl (C=O) groups excluding carboxylic acids is 3. The zero-order chi connectivity index (χ0) is 31.6. The van der Waals surface area contributed by atoms with E-state index in [-0.39, 0.29) is 16.9 Å². The molecule has 0 aliphatic rings. The summed E-state index contributed by atoms with van der Waals surface area (Å²) in [4.78, 5) is 40.0. The van der Waals surface area contributed by atoms with Crippen LogP contribution in [0.4, 0.5) is 11.4 Å². The molecule has 0 heterocycles. The summed E-state index contributed by atoms with van der Waals surface area (Å²) < 4.78 is 10.7. The van der Waals surface area contributed by atoms with Gasteiger partial charge in [-0.15, -0.1) is 11.8 Å². The molecule has 1 atom stereocenters. The molecule has 0 aromatic heterocycles. The number of hydrogen-bond acceptors (Lipinski definition) is 6. The molecule has 9 heteroatoms. The third-order valence-corrected chi connectivity index (χ3v) is 7.93. The average molecular weight is 610 g/mol. The number of aryl methyl sites for hydroxylation is 2. The van der Waals surface area contributed by atoms with Crippen LogP contribution in [0.5, 0.6) is 11.5 Å². The molecule has 8 nitrogen and oxygen atoms in total. The predicted octanol–water partition coefficient (Wildman–Crippen LogP) is 6.85. The van der Waals surface area contributed by atoms with Crippen LogP contribution in [0.15, 0.2) is 102 Å². The molecule has 3 amide bonds. The van der Waals surface area contributed by atoms with Gasteiger partial charge < -0.3 is 25.4 Å². The van der Waals surface area contributed by atoms with Crippen molar-refractivity contribution >= 4 is 46.9 Å². The molecular weight excluding hydrogens is 574 g/mol. The van der Waals surface area contributed by atoms with Crippen molar-refractivity contribution in [1.29, 1.82) is 0 Å². The van der Waals surface area contributed by atoms with Gasteiger partial charge in [0.25, 0.3) is 11.8 Å². The number of hydrogen-bond donors (Lipinski definition) is 3. The molecule has 0 fully saturated rings. The van der Waals surface area contributed by atoms with Crippen molar-refractivity contribution in [3.8, 4) is 11.5 Å². The number of benzene rings is 4. The van der Waals surface area contributed by atoms with E-state index in [9.17, 15) is 14.4 Å². The molecule has 3 N–H and O–H groups in total. The second-order valence-electron chi connectivity index (χ2n) is 10.0. The molecule has 0 bridgehead atoms. The molecule has 0 spiro atoms. The van der Waals surface area contributed by atoms with Crippen LogP contribution in [0.3, 0.4) is 0 Å². The number of amides is 3. The molecule has 4 rings (SSSR count). The third-order valence-electron chi connectivity index (χ3n) is 6.82. The topological polar surface area (TPSA) is 106 Å². The summed E-state index contributed by atoms with van der Waals surface area (Å²) >= 11 is 1.41. The fraction of sp³-hybridized carbons (Fsp3) is 0.171. The largest absolute Gasteiger partial charge is 0.493 e. The second kappa shape index (κ2) is 14.9. The van der Waals surface area contributed by atoms with Crippen LogP contribution < -0.4 is 25.4 Å². The molecule has 0 aliphatic heterocycles. The Balaban J connectivity index is 1.47. The highest BCUT2D eigenvalue weighted by molar-refractivity contribution is 8.00. The van der Waals surface area contributed by atoms with E-state index in [1.54, 1.807) is 60.7 Å². The van der Waals surface area contributed by atoms with E-state index >= 15 is 0 Å². The Kier molecular flexibility index (Phi) is 10.8. The van der Waals surface area contributed by atoms with Crippen LogP contribution in [-0.4, -0.2) is 37.2 Å². The summed E-state index contributed by atoms with van der Waals surface area (Å²) in [6.45, 7) is 5.88. The third kappa shape index (κ3) is 8.52. The standard InChI is InChI=1S/C35H35N3O5S/c1-22-11-13-28(19-23(22)2)37-33(39)24(3)44-29-16-14-27(15-17-29)36-35(41)30(38-34(40)26-9-7-6-8-10-26)20-25-12-18-31(42-4)32(21-25)43-5/h6-21,24H,1-5H3,(H,36,41)(H,37,39)(H,38,40)/b30-20-. The van der Waals surface area contributed by atoms with Crippen molar-refractivity contribution in [3.05, 3.63) is 119 Å². The minimum atomic E-state index is -0.509. The van der Waals surface area contributed by atoms with Crippen LogP contribution in [-0.2, 0) is 9.59 Å². The van der Waals surface area contributed by atoms with Crippen molar-refractivity contribution in [3.63, 3.8) is 0 Å². The van der Waals surface area contributed by atoms with Crippen molar-refractivity contribution in [2.24, 2.45) is 0 Å². The highest BCUT2D eigenvalue weighted by Crippen LogP contribution is 2.29. The highest BCUT2D eigenvalue weighted by Gasteiger charge is 2.17. The minimum absolute atomic E-state index is 0.0427. The number of carbonyl (C=O) groups is 3. The highest BCUT2D eigenvalue weighted by atomic mass is 32.2. The molecule has 0 saturated heterocycles. The van der Waals surface area contributed by atoms with Gasteiger partial charge in [0.15, 0.2) is 11.5 Å². The van der Waals surface area contributed by atoms with Crippen LogP contribution in [0.1, 0.15) is 34.0 Å². The van der Waals surface area contributed by atoms with Gasteiger partial charge in [0, 0.05) is 21.8 Å². The summed E-state index contributed by atoms with van der Waals surface area (Å²) in [5.74, 6) is -0.00743. The van der Waals surface area contributed by atoms with Gasteiger partial charge in [0.05, 0.1) is 19.5 Å².